The average molecular weight is 240 g/mol. The fourth-order valence-electron chi connectivity index (χ4n) is 1.71. The van der Waals surface area contributed by atoms with E-state index in [9.17, 15) is 0 Å². The van der Waals surface area contributed by atoms with Crippen LogP contribution in [0, 0.1) is 0 Å². The summed E-state index contributed by atoms with van der Waals surface area (Å²) in [6.45, 7) is 13.2. The third-order valence-corrected chi connectivity index (χ3v) is 11.1. The topological polar surface area (TPSA) is 49.7 Å². The molecular formula is C7H21O3PSi2. The van der Waals surface area contributed by atoms with Crippen LogP contribution in [0.2, 0.25) is 39.3 Å². The zero-order chi connectivity index (χ0) is 10.9. The molecule has 0 spiro atoms. The smallest absolute Gasteiger partial charge is 0.326 e. The minimum atomic E-state index is -2.20. The molecule has 0 heterocycles. The molecule has 0 unspecified atom stereocenters. The summed E-state index contributed by atoms with van der Waals surface area (Å²) in [6.07, 6.45) is 0. The van der Waals surface area contributed by atoms with Gasteiger partial charge in [-0.05, 0) is 0 Å². The minimum absolute atomic E-state index is 0.112. The third-order valence-electron chi connectivity index (χ3n) is 1.77. The Bertz CT molecular complexity index is 148. The van der Waals surface area contributed by atoms with E-state index in [2.05, 4.69) is 39.3 Å². The lowest BCUT2D eigenvalue weighted by Crippen LogP contribution is -2.54. The largest absolute Gasteiger partial charge is 0.328 e. The highest BCUT2D eigenvalue weighted by Crippen LogP contribution is 2.34. The Morgan fingerprint density at radius 1 is 0.923 bits per heavy atom. The van der Waals surface area contributed by atoms with E-state index in [1.54, 1.807) is 0 Å². The lowest BCUT2D eigenvalue weighted by Gasteiger charge is -2.37. The molecular weight excluding hydrogens is 219 g/mol. The second-order valence-electron chi connectivity index (χ2n) is 5.47. The molecule has 0 amide bonds. The highest BCUT2D eigenvalue weighted by Gasteiger charge is 2.40. The van der Waals surface area contributed by atoms with Crippen molar-refractivity contribution >= 4 is 24.8 Å². The van der Waals surface area contributed by atoms with Crippen molar-refractivity contribution in [2.75, 3.05) is 0 Å². The summed E-state index contributed by atoms with van der Waals surface area (Å²) in [5.74, 6) is 0. The molecule has 0 aromatic heterocycles. The van der Waals surface area contributed by atoms with Crippen LogP contribution in [0.25, 0.3) is 0 Å². The molecule has 0 saturated carbocycles. The van der Waals surface area contributed by atoms with Crippen LogP contribution in [0.3, 0.4) is 0 Å². The van der Waals surface area contributed by atoms with Crippen molar-refractivity contribution in [3.8, 4) is 0 Å². The van der Waals surface area contributed by atoms with Gasteiger partial charge in [-0.2, -0.15) is 0 Å². The minimum Gasteiger partial charge on any atom is -0.328 e. The Morgan fingerprint density at radius 2 is 1.23 bits per heavy atom. The average Bonchev–Trinajstić information content (AvgIpc) is 1.77. The molecule has 0 aromatic rings. The molecule has 3 nitrogen and oxygen atoms in total. The first-order chi connectivity index (χ1) is 5.55. The van der Waals surface area contributed by atoms with E-state index in [4.69, 9.17) is 14.3 Å². The number of hydrogen-bond acceptors (Lipinski definition) is 3. The van der Waals surface area contributed by atoms with Gasteiger partial charge in [0.25, 0.3) is 0 Å². The van der Waals surface area contributed by atoms with Crippen molar-refractivity contribution in [2.45, 2.75) is 44.6 Å². The van der Waals surface area contributed by atoms with Crippen molar-refractivity contribution < 1.29 is 14.3 Å². The summed E-state index contributed by atoms with van der Waals surface area (Å²) in [5, 5.41) is 0.112. The van der Waals surface area contributed by atoms with Crippen molar-refractivity contribution in [2.24, 2.45) is 0 Å². The Hall–Kier alpha value is 0.744. The Kier molecular flexibility index (Phi) is 4.77. The Morgan fingerprint density at radius 3 is 1.31 bits per heavy atom. The molecule has 2 N–H and O–H groups in total. The molecule has 0 bridgehead atoms. The van der Waals surface area contributed by atoms with Crippen molar-refractivity contribution in [1.29, 1.82) is 0 Å². The lowest BCUT2D eigenvalue weighted by atomic mass is 11.6. The van der Waals surface area contributed by atoms with E-state index in [1.807, 2.05) is 0 Å². The van der Waals surface area contributed by atoms with E-state index in [-0.39, 0.29) is 5.35 Å². The van der Waals surface area contributed by atoms with Crippen LogP contribution < -0.4 is 0 Å². The SMILES string of the molecule is C[Si](C)(C)C(OP(O)O)[Si](C)(C)C. The van der Waals surface area contributed by atoms with E-state index in [1.165, 1.54) is 0 Å². The maximum absolute atomic E-state index is 8.89. The van der Waals surface area contributed by atoms with E-state index >= 15 is 0 Å². The van der Waals surface area contributed by atoms with Crippen LogP contribution in [0.1, 0.15) is 0 Å². The first kappa shape index (κ1) is 13.7. The highest BCUT2D eigenvalue weighted by atomic mass is 31.2. The molecule has 0 rings (SSSR count). The molecule has 80 valence electrons. The first-order valence-electron chi connectivity index (χ1n) is 4.40. The summed E-state index contributed by atoms with van der Waals surface area (Å²) in [5.41, 5.74) is 0. The molecule has 0 aliphatic rings. The summed E-state index contributed by atoms with van der Waals surface area (Å²) < 4.78 is 5.28. The maximum Gasteiger partial charge on any atom is 0.326 e. The van der Waals surface area contributed by atoms with Gasteiger partial charge in [0.05, 0.1) is 16.1 Å². The van der Waals surface area contributed by atoms with Gasteiger partial charge < -0.3 is 14.3 Å². The monoisotopic (exact) mass is 240 g/mol. The Labute approximate surface area is 84.2 Å². The predicted molar refractivity (Wildman–Crippen MR) is 62.9 cm³/mol. The van der Waals surface area contributed by atoms with Crippen molar-refractivity contribution in [1.82, 2.24) is 0 Å². The van der Waals surface area contributed by atoms with Crippen LogP contribution in [0.4, 0.5) is 0 Å². The Balaban J connectivity index is 4.58. The zero-order valence-electron chi connectivity index (χ0n) is 9.33. The van der Waals surface area contributed by atoms with Gasteiger partial charge in [-0.25, -0.2) is 0 Å². The standard InChI is InChI=1S/C7H21O3PSi2/c1-12(2,3)7(10-11(8)9)13(4,5)6/h7-9H,1-6H3. The molecule has 0 atom stereocenters. The quantitative estimate of drug-likeness (QED) is 0.586. The molecule has 0 saturated heterocycles. The second kappa shape index (κ2) is 4.51. The van der Waals surface area contributed by atoms with Crippen molar-refractivity contribution in [3.05, 3.63) is 0 Å². The fraction of sp³-hybridized carbons (Fsp3) is 1.00. The van der Waals surface area contributed by atoms with Gasteiger partial charge in [0.2, 0.25) is 0 Å². The van der Waals surface area contributed by atoms with Crippen LogP contribution in [-0.2, 0) is 4.52 Å². The molecule has 0 aliphatic heterocycles. The third kappa shape index (κ3) is 5.25. The maximum atomic E-state index is 8.89. The summed E-state index contributed by atoms with van der Waals surface area (Å²) >= 11 is 0. The van der Waals surface area contributed by atoms with Gasteiger partial charge in [0.1, 0.15) is 0 Å². The molecule has 0 aliphatic carbocycles. The van der Waals surface area contributed by atoms with E-state index < -0.39 is 24.8 Å². The summed E-state index contributed by atoms with van der Waals surface area (Å²) in [7, 11) is -5.10. The summed E-state index contributed by atoms with van der Waals surface area (Å²) in [6, 6.07) is 0. The van der Waals surface area contributed by atoms with Gasteiger partial charge in [-0.15, -0.1) is 0 Å². The number of rotatable bonds is 4. The van der Waals surface area contributed by atoms with Gasteiger partial charge in [0, 0.05) is 5.35 Å². The van der Waals surface area contributed by atoms with Crippen LogP contribution in [-0.4, -0.2) is 31.3 Å². The van der Waals surface area contributed by atoms with E-state index in [0.29, 0.717) is 0 Å². The van der Waals surface area contributed by atoms with Gasteiger partial charge in [-0.3, -0.25) is 0 Å². The molecule has 0 radical (unpaired) electrons. The molecule has 6 heteroatoms. The van der Waals surface area contributed by atoms with Crippen molar-refractivity contribution in [3.63, 3.8) is 0 Å². The van der Waals surface area contributed by atoms with Crippen LogP contribution >= 0.6 is 8.60 Å². The lowest BCUT2D eigenvalue weighted by molar-refractivity contribution is 0.263. The number of hydrogen-bond donors (Lipinski definition) is 2. The molecule has 13 heavy (non-hydrogen) atoms. The zero-order valence-corrected chi connectivity index (χ0v) is 12.2. The second-order valence-corrected chi connectivity index (χ2v) is 17.3. The highest BCUT2D eigenvalue weighted by molar-refractivity contribution is 7.39. The molecule has 0 fully saturated rings. The van der Waals surface area contributed by atoms with Gasteiger partial charge in [-0.1, -0.05) is 39.3 Å². The summed E-state index contributed by atoms with van der Waals surface area (Å²) in [4.78, 5) is 17.8. The fourth-order valence-corrected chi connectivity index (χ4v) is 15.4. The van der Waals surface area contributed by atoms with Crippen LogP contribution in [0.5, 0.6) is 0 Å². The van der Waals surface area contributed by atoms with Crippen LogP contribution in [0.15, 0.2) is 0 Å². The predicted octanol–water partition coefficient (Wildman–Crippen LogP) is 2.34. The molecule has 0 aromatic carbocycles. The van der Waals surface area contributed by atoms with E-state index in [0.717, 1.165) is 0 Å². The van der Waals surface area contributed by atoms with Gasteiger partial charge >= 0.3 is 8.60 Å². The first-order valence-corrected chi connectivity index (χ1v) is 12.7. The van der Waals surface area contributed by atoms with Gasteiger partial charge in [0.15, 0.2) is 0 Å². The normalized spacial score (nSPS) is 14.3.